The van der Waals surface area contributed by atoms with E-state index in [2.05, 4.69) is 15.7 Å². The second-order valence-electron chi connectivity index (χ2n) is 10.2. The molecule has 2 N–H and O–H groups in total. The van der Waals surface area contributed by atoms with E-state index in [4.69, 9.17) is 9.47 Å². The topological polar surface area (TPSA) is 100 Å². The van der Waals surface area contributed by atoms with Crippen LogP contribution in [0.1, 0.15) is 20.3 Å². The first-order valence-corrected chi connectivity index (χ1v) is 13.2. The summed E-state index contributed by atoms with van der Waals surface area (Å²) < 4.78 is 36.3. The minimum atomic E-state index is -2.63. The second-order valence-corrected chi connectivity index (χ2v) is 10.2. The van der Waals surface area contributed by atoms with Crippen LogP contribution in [0.25, 0.3) is 0 Å². The van der Waals surface area contributed by atoms with Gasteiger partial charge in [-0.25, -0.2) is 8.78 Å². The minimum Gasteiger partial charge on any atom is -0.378 e. The predicted octanol–water partition coefficient (Wildman–Crippen LogP) is 1.40. The number of carbonyl (C=O) groups excluding carboxylic acids is 2. The van der Waals surface area contributed by atoms with Crippen LogP contribution >= 0.6 is 0 Å². The van der Waals surface area contributed by atoms with Gasteiger partial charge in [0, 0.05) is 56.1 Å². The average Bonchev–Trinajstić information content (AvgIpc) is 3.35. The summed E-state index contributed by atoms with van der Waals surface area (Å²) in [4.78, 5) is 30.8. The molecule has 38 heavy (non-hydrogen) atoms. The van der Waals surface area contributed by atoms with Crippen LogP contribution in [0, 0.1) is 11.8 Å². The fourth-order valence-corrected chi connectivity index (χ4v) is 5.03. The van der Waals surface area contributed by atoms with Crippen LogP contribution in [0.2, 0.25) is 0 Å². The van der Waals surface area contributed by atoms with Gasteiger partial charge in [0.1, 0.15) is 13.2 Å². The summed E-state index contributed by atoms with van der Waals surface area (Å²) in [6, 6.07) is 8.94. The Morgan fingerprint density at radius 1 is 1.21 bits per heavy atom. The van der Waals surface area contributed by atoms with Crippen LogP contribution in [-0.2, 0) is 19.1 Å². The Balaban J connectivity index is 1.57. The molecule has 0 aliphatic carbocycles. The third-order valence-corrected chi connectivity index (χ3v) is 6.82. The molecule has 3 aliphatic rings. The molecule has 0 saturated carbocycles. The smallest absolute Gasteiger partial charge is 0.280 e. The first-order valence-electron chi connectivity index (χ1n) is 13.2. The number of hydrogen-bond donors (Lipinski definition) is 2. The van der Waals surface area contributed by atoms with Crippen molar-refractivity contribution >= 4 is 17.5 Å². The monoisotopic (exact) mass is 535 g/mol. The molecule has 1 aromatic carbocycles. The summed E-state index contributed by atoms with van der Waals surface area (Å²) in [5.74, 6) is -0.364. The van der Waals surface area contributed by atoms with E-state index in [-0.39, 0.29) is 42.0 Å². The normalized spacial score (nSPS) is 23.9. The summed E-state index contributed by atoms with van der Waals surface area (Å²) in [5, 5.41) is 12.3. The van der Waals surface area contributed by atoms with Gasteiger partial charge in [-0.2, -0.15) is 0 Å². The van der Waals surface area contributed by atoms with E-state index >= 15 is 0 Å². The van der Waals surface area contributed by atoms with Gasteiger partial charge in [0.25, 0.3) is 12.3 Å². The number of benzene rings is 1. The molecule has 2 fully saturated rings. The minimum absolute atomic E-state index is 0.0722. The van der Waals surface area contributed by atoms with Crippen molar-refractivity contribution < 1.29 is 32.9 Å². The molecule has 1 aromatic rings. The molecule has 12 heteroatoms. The van der Waals surface area contributed by atoms with Crippen LogP contribution in [0.4, 0.5) is 14.5 Å². The number of carbonyl (C=O) groups is 2. The fraction of sp³-hybridized carbons (Fsp3) is 0.615. The lowest BCUT2D eigenvalue weighted by atomic mass is 9.92. The third kappa shape index (κ3) is 6.99. The highest BCUT2D eigenvalue weighted by Gasteiger charge is 2.40. The number of amides is 2. The van der Waals surface area contributed by atoms with Gasteiger partial charge in [0.2, 0.25) is 11.6 Å². The van der Waals surface area contributed by atoms with E-state index in [1.54, 1.807) is 4.90 Å². The van der Waals surface area contributed by atoms with Gasteiger partial charge < -0.3 is 24.6 Å². The molecule has 3 unspecified atom stereocenters. The standard InChI is InChI=1S/C26H36F2N6O4/c1-18(2)15-33(21-12-19(13-29-14-21)25(35)32-8-10-37-11-9-32)26(36)24-22(16-38-17-23(27)28)34(31-30-24)20-6-4-3-5-7-20/h3-7,18-19,21,23,29H,8-17H2,1-2H3/p+1. The van der Waals surface area contributed by atoms with E-state index in [1.165, 1.54) is 0 Å². The maximum Gasteiger partial charge on any atom is 0.280 e. The molecule has 2 saturated heterocycles. The van der Waals surface area contributed by atoms with Gasteiger partial charge in [-0.1, -0.05) is 37.2 Å². The van der Waals surface area contributed by atoms with Crippen molar-refractivity contribution in [2.75, 3.05) is 59.2 Å². The Kier molecular flexibility index (Phi) is 9.89. The van der Waals surface area contributed by atoms with Gasteiger partial charge in [-0.15, -0.1) is 5.01 Å². The highest BCUT2D eigenvalue weighted by Crippen LogP contribution is 2.24. The van der Waals surface area contributed by atoms with Gasteiger partial charge in [0.05, 0.1) is 19.1 Å². The van der Waals surface area contributed by atoms with Crippen molar-refractivity contribution in [2.24, 2.45) is 22.2 Å². The summed E-state index contributed by atoms with van der Waals surface area (Å²) in [6.07, 6.45) is -2.10. The Hall–Kier alpha value is -2.80. The van der Waals surface area contributed by atoms with Gasteiger partial charge in [-0.3, -0.25) is 9.59 Å². The number of nitrogens with one attached hydrogen (secondary N) is 2. The molecule has 3 heterocycles. The average molecular weight is 536 g/mol. The SMILES string of the molecule is CC(C)CN(C(=O)C1=C(COCC(F)F)[NH+](c2ccccc2)N=N1)C1CNCC(C(=O)N2CCOCC2)C1. The number of morpholine rings is 1. The predicted molar refractivity (Wildman–Crippen MR) is 134 cm³/mol. The molecule has 0 bridgehead atoms. The lowest BCUT2D eigenvalue weighted by molar-refractivity contribution is -0.800. The number of alkyl halides is 2. The number of quaternary nitrogens is 1. The van der Waals surface area contributed by atoms with Crippen LogP contribution in [0.3, 0.4) is 0 Å². The first-order chi connectivity index (χ1) is 18.3. The second kappa shape index (κ2) is 13.3. The number of nitrogens with zero attached hydrogens (tertiary/aromatic N) is 4. The number of rotatable bonds is 10. The van der Waals surface area contributed by atoms with Crippen LogP contribution in [0.5, 0.6) is 0 Å². The number of ether oxygens (including phenoxy) is 2. The number of halogens is 2. The van der Waals surface area contributed by atoms with Crippen molar-refractivity contribution in [1.82, 2.24) is 15.1 Å². The zero-order valence-corrected chi connectivity index (χ0v) is 21.9. The van der Waals surface area contributed by atoms with E-state index in [1.807, 2.05) is 49.1 Å². The van der Waals surface area contributed by atoms with Crippen molar-refractivity contribution in [3.8, 4) is 0 Å². The highest BCUT2D eigenvalue weighted by molar-refractivity contribution is 5.94. The number of hydrogen-bond acceptors (Lipinski definition) is 7. The summed E-state index contributed by atoms with van der Waals surface area (Å²) in [7, 11) is 0. The molecule has 10 nitrogen and oxygen atoms in total. The molecule has 0 spiro atoms. The molecule has 0 radical (unpaired) electrons. The molecule has 208 valence electrons. The molecule has 3 aliphatic heterocycles. The lowest BCUT2D eigenvalue weighted by Gasteiger charge is -2.40. The van der Waals surface area contributed by atoms with Crippen molar-refractivity contribution in [1.29, 1.82) is 0 Å². The number of para-hydroxylation sites is 1. The fourth-order valence-electron chi connectivity index (χ4n) is 5.03. The van der Waals surface area contributed by atoms with Crippen molar-refractivity contribution in [3.05, 3.63) is 41.7 Å². The van der Waals surface area contributed by atoms with E-state index in [0.29, 0.717) is 63.1 Å². The van der Waals surface area contributed by atoms with Gasteiger partial charge in [-0.05, 0) is 12.3 Å². The van der Waals surface area contributed by atoms with Gasteiger partial charge >= 0.3 is 0 Å². The highest BCUT2D eigenvalue weighted by atomic mass is 19.3. The lowest BCUT2D eigenvalue weighted by Crippen LogP contribution is -3.00. The quantitative estimate of drug-likeness (QED) is 0.472. The maximum atomic E-state index is 14.0. The Labute approximate surface area is 221 Å². The number of piperidine rings is 1. The van der Waals surface area contributed by atoms with Crippen molar-refractivity contribution in [3.63, 3.8) is 0 Å². The largest absolute Gasteiger partial charge is 0.378 e. The Morgan fingerprint density at radius 3 is 2.63 bits per heavy atom. The molecular formula is C26H37F2N6O4+. The molecular weight excluding hydrogens is 498 g/mol. The van der Waals surface area contributed by atoms with Gasteiger partial charge in [0.15, 0.2) is 11.4 Å². The van der Waals surface area contributed by atoms with Crippen LogP contribution in [0.15, 0.2) is 52.1 Å². The molecule has 4 rings (SSSR count). The van der Waals surface area contributed by atoms with Crippen molar-refractivity contribution in [2.45, 2.75) is 32.7 Å². The Morgan fingerprint density at radius 2 is 1.95 bits per heavy atom. The summed E-state index contributed by atoms with van der Waals surface area (Å²) in [6.45, 7) is 6.83. The molecule has 0 aromatic heterocycles. The zero-order valence-electron chi connectivity index (χ0n) is 21.9. The van der Waals surface area contributed by atoms with E-state index in [0.717, 1.165) is 5.69 Å². The molecule has 3 atom stereocenters. The van der Waals surface area contributed by atoms with Crippen LogP contribution < -0.4 is 10.3 Å². The van der Waals surface area contributed by atoms with E-state index < -0.39 is 13.0 Å². The summed E-state index contributed by atoms with van der Waals surface area (Å²) >= 11 is 0. The first kappa shape index (κ1) is 28.2. The maximum absolute atomic E-state index is 14.0. The third-order valence-electron chi connectivity index (χ3n) is 6.82. The zero-order chi connectivity index (χ0) is 27.1. The Bertz CT molecular complexity index is 1020. The molecule has 2 amide bonds. The van der Waals surface area contributed by atoms with E-state index in [9.17, 15) is 18.4 Å². The summed E-state index contributed by atoms with van der Waals surface area (Å²) in [5.41, 5.74) is 1.21. The van der Waals surface area contributed by atoms with Crippen LogP contribution in [-0.4, -0.2) is 93.2 Å².